The molecular weight excluding hydrogens is 240 g/mol. The average molecular weight is 254 g/mol. The second-order valence-corrected chi connectivity index (χ2v) is 4.48. The van der Waals surface area contributed by atoms with Crippen LogP contribution < -0.4 is 10.6 Å². The maximum atomic E-state index is 5.84. The van der Waals surface area contributed by atoms with Crippen molar-refractivity contribution in [2.24, 2.45) is 0 Å². The van der Waals surface area contributed by atoms with Crippen LogP contribution in [-0.2, 0) is 6.54 Å². The minimum Gasteiger partial charge on any atom is -0.397 e. The second-order valence-electron chi connectivity index (χ2n) is 4.48. The minimum absolute atomic E-state index is 0.577. The average Bonchev–Trinajstić information content (AvgIpc) is 2.90. The van der Waals surface area contributed by atoms with E-state index < -0.39 is 0 Å². The lowest BCUT2D eigenvalue weighted by Gasteiger charge is -2.19. The molecule has 5 nitrogen and oxygen atoms in total. The first-order chi connectivity index (χ1) is 9.25. The van der Waals surface area contributed by atoms with Crippen LogP contribution in [0.5, 0.6) is 0 Å². The van der Waals surface area contributed by atoms with E-state index >= 15 is 0 Å². The Hall–Kier alpha value is -2.56. The fourth-order valence-electron chi connectivity index (χ4n) is 2.12. The predicted molar refractivity (Wildman–Crippen MR) is 74.8 cm³/mol. The van der Waals surface area contributed by atoms with E-state index in [0.717, 1.165) is 12.2 Å². The van der Waals surface area contributed by atoms with Crippen molar-refractivity contribution in [3.8, 4) is 0 Å². The highest BCUT2D eigenvalue weighted by atomic mass is 16.6. The van der Waals surface area contributed by atoms with Crippen molar-refractivity contribution in [2.75, 3.05) is 17.7 Å². The summed E-state index contributed by atoms with van der Waals surface area (Å²) in [4.78, 5) is 2.10. The van der Waals surface area contributed by atoms with Crippen LogP contribution in [0.15, 0.2) is 47.1 Å². The first-order valence-electron chi connectivity index (χ1n) is 6.01. The number of nitrogen functional groups attached to an aromatic ring is 1. The molecule has 0 atom stereocenters. The third-order valence-corrected chi connectivity index (χ3v) is 3.10. The number of aromatic nitrogens is 2. The summed E-state index contributed by atoms with van der Waals surface area (Å²) in [5, 5.41) is 7.76. The van der Waals surface area contributed by atoms with E-state index in [1.165, 1.54) is 5.56 Å². The van der Waals surface area contributed by atoms with E-state index in [1.807, 2.05) is 37.4 Å². The van der Waals surface area contributed by atoms with Crippen LogP contribution in [0.25, 0.3) is 11.0 Å². The Bertz CT molecular complexity index is 693. The van der Waals surface area contributed by atoms with Gasteiger partial charge in [0.05, 0.1) is 11.4 Å². The van der Waals surface area contributed by atoms with Crippen molar-refractivity contribution in [3.63, 3.8) is 0 Å². The van der Waals surface area contributed by atoms with Crippen molar-refractivity contribution in [2.45, 2.75) is 6.54 Å². The second kappa shape index (κ2) is 4.61. The van der Waals surface area contributed by atoms with Crippen molar-refractivity contribution in [3.05, 3.63) is 48.0 Å². The number of anilines is 2. The molecule has 0 aliphatic rings. The van der Waals surface area contributed by atoms with Crippen molar-refractivity contribution in [1.82, 2.24) is 10.3 Å². The Labute approximate surface area is 110 Å². The topological polar surface area (TPSA) is 68.2 Å². The molecule has 0 unspecified atom stereocenters. The monoisotopic (exact) mass is 254 g/mol. The van der Waals surface area contributed by atoms with Crippen LogP contribution in [0.4, 0.5) is 11.4 Å². The molecular formula is C14H14N4O. The summed E-state index contributed by atoms with van der Waals surface area (Å²) in [5.41, 5.74) is 9.90. The van der Waals surface area contributed by atoms with Gasteiger partial charge in [-0.1, -0.05) is 30.3 Å². The summed E-state index contributed by atoms with van der Waals surface area (Å²) < 4.78 is 4.78. The SMILES string of the molecule is CN(Cc1ccccc1)c1ccc(N)c2nonc12. The van der Waals surface area contributed by atoms with Gasteiger partial charge in [-0.25, -0.2) is 4.63 Å². The van der Waals surface area contributed by atoms with Crippen LogP contribution in [0.1, 0.15) is 5.56 Å². The van der Waals surface area contributed by atoms with E-state index in [2.05, 4.69) is 27.3 Å². The van der Waals surface area contributed by atoms with Crippen LogP contribution in [-0.4, -0.2) is 17.4 Å². The van der Waals surface area contributed by atoms with Crippen LogP contribution >= 0.6 is 0 Å². The maximum Gasteiger partial charge on any atom is 0.160 e. The number of benzene rings is 2. The molecule has 0 amide bonds. The van der Waals surface area contributed by atoms with E-state index in [4.69, 9.17) is 10.4 Å². The summed E-state index contributed by atoms with van der Waals surface area (Å²) in [6.45, 7) is 0.784. The summed E-state index contributed by atoms with van der Waals surface area (Å²) >= 11 is 0. The molecule has 3 aromatic rings. The third-order valence-electron chi connectivity index (χ3n) is 3.10. The molecule has 19 heavy (non-hydrogen) atoms. The minimum atomic E-state index is 0.577. The first-order valence-corrected chi connectivity index (χ1v) is 6.01. The molecule has 96 valence electrons. The summed E-state index contributed by atoms with van der Waals surface area (Å²) in [5.74, 6) is 0. The van der Waals surface area contributed by atoms with Crippen molar-refractivity contribution >= 4 is 22.4 Å². The van der Waals surface area contributed by atoms with Crippen LogP contribution in [0, 0.1) is 0 Å². The predicted octanol–water partition coefficient (Wildman–Crippen LogP) is 2.44. The number of hydrogen-bond acceptors (Lipinski definition) is 5. The first kappa shape index (κ1) is 11.5. The number of fused-ring (bicyclic) bond motifs is 1. The molecule has 0 saturated heterocycles. The molecule has 5 heteroatoms. The lowest BCUT2D eigenvalue weighted by atomic mass is 10.2. The Morgan fingerprint density at radius 3 is 2.58 bits per heavy atom. The summed E-state index contributed by atoms with van der Waals surface area (Å²) in [6.07, 6.45) is 0. The lowest BCUT2D eigenvalue weighted by molar-refractivity contribution is 0.315. The van der Waals surface area contributed by atoms with Gasteiger partial charge in [-0.05, 0) is 28.0 Å². The Balaban J connectivity index is 1.96. The molecule has 0 bridgehead atoms. The van der Waals surface area contributed by atoms with Gasteiger partial charge in [0.1, 0.15) is 0 Å². The third kappa shape index (κ3) is 2.10. The fourth-order valence-corrected chi connectivity index (χ4v) is 2.12. The van der Waals surface area contributed by atoms with E-state index in [0.29, 0.717) is 16.7 Å². The molecule has 0 saturated carbocycles. The number of hydrogen-bond donors (Lipinski definition) is 1. The van der Waals surface area contributed by atoms with E-state index in [1.54, 1.807) is 0 Å². The molecule has 0 aliphatic heterocycles. The zero-order valence-electron chi connectivity index (χ0n) is 10.6. The highest BCUT2D eigenvalue weighted by Crippen LogP contribution is 2.28. The lowest BCUT2D eigenvalue weighted by Crippen LogP contribution is -2.16. The van der Waals surface area contributed by atoms with Gasteiger partial charge in [0, 0.05) is 13.6 Å². The molecule has 3 rings (SSSR count). The van der Waals surface area contributed by atoms with Gasteiger partial charge in [0.2, 0.25) is 0 Å². The number of nitrogens with zero attached hydrogens (tertiary/aromatic N) is 3. The molecule has 1 aromatic heterocycles. The van der Waals surface area contributed by atoms with Gasteiger partial charge in [0.15, 0.2) is 11.0 Å². The largest absolute Gasteiger partial charge is 0.397 e. The van der Waals surface area contributed by atoms with Crippen molar-refractivity contribution in [1.29, 1.82) is 0 Å². The van der Waals surface area contributed by atoms with E-state index in [9.17, 15) is 0 Å². The molecule has 1 heterocycles. The van der Waals surface area contributed by atoms with Crippen molar-refractivity contribution < 1.29 is 4.63 Å². The quantitative estimate of drug-likeness (QED) is 0.727. The molecule has 0 spiro atoms. The maximum absolute atomic E-state index is 5.84. The molecule has 0 aliphatic carbocycles. The van der Waals surface area contributed by atoms with E-state index in [-0.39, 0.29) is 0 Å². The van der Waals surface area contributed by atoms with Gasteiger partial charge < -0.3 is 10.6 Å². The Morgan fingerprint density at radius 2 is 1.79 bits per heavy atom. The Morgan fingerprint density at radius 1 is 1.05 bits per heavy atom. The van der Waals surface area contributed by atoms with Crippen LogP contribution in [0.2, 0.25) is 0 Å². The highest BCUT2D eigenvalue weighted by Gasteiger charge is 2.13. The summed E-state index contributed by atoms with van der Waals surface area (Å²) in [7, 11) is 2.01. The molecule has 2 aromatic carbocycles. The van der Waals surface area contributed by atoms with Crippen LogP contribution in [0.3, 0.4) is 0 Å². The zero-order chi connectivity index (χ0) is 13.2. The molecule has 2 N–H and O–H groups in total. The Kier molecular flexibility index (Phi) is 2.79. The number of nitrogens with two attached hydrogens (primary N) is 1. The zero-order valence-corrected chi connectivity index (χ0v) is 10.6. The summed E-state index contributed by atoms with van der Waals surface area (Å²) in [6, 6.07) is 14.0. The van der Waals surface area contributed by atoms with Gasteiger partial charge in [-0.15, -0.1) is 0 Å². The van der Waals surface area contributed by atoms with Gasteiger partial charge in [-0.3, -0.25) is 0 Å². The molecule has 0 radical (unpaired) electrons. The smallest absolute Gasteiger partial charge is 0.160 e. The fraction of sp³-hybridized carbons (Fsp3) is 0.143. The number of rotatable bonds is 3. The van der Waals surface area contributed by atoms with Gasteiger partial charge in [-0.2, -0.15) is 0 Å². The van der Waals surface area contributed by atoms with Gasteiger partial charge in [0.25, 0.3) is 0 Å². The standard InChI is InChI=1S/C14H14N4O/c1-18(9-10-5-3-2-4-6-10)12-8-7-11(15)13-14(12)17-19-16-13/h2-8H,9,15H2,1H3. The highest BCUT2D eigenvalue weighted by molar-refractivity contribution is 5.95. The molecule has 0 fully saturated rings. The van der Waals surface area contributed by atoms with Gasteiger partial charge >= 0.3 is 0 Å². The normalized spacial score (nSPS) is 10.8.